The van der Waals surface area contributed by atoms with Crippen molar-refractivity contribution < 1.29 is 4.79 Å². The fourth-order valence-corrected chi connectivity index (χ4v) is 1.54. The monoisotopic (exact) mass is 198 g/mol. The van der Waals surface area contributed by atoms with Crippen molar-refractivity contribution in [2.75, 3.05) is 0 Å². The van der Waals surface area contributed by atoms with Crippen molar-refractivity contribution in [1.82, 2.24) is 10.6 Å². The second-order valence-corrected chi connectivity index (χ2v) is 5.30. The molecule has 0 saturated heterocycles. The van der Waals surface area contributed by atoms with Gasteiger partial charge >= 0.3 is 0 Å². The molecule has 0 aromatic rings. The second-order valence-electron chi connectivity index (χ2n) is 5.30. The average molecular weight is 198 g/mol. The maximum atomic E-state index is 11.6. The molecule has 1 fully saturated rings. The third-order valence-corrected chi connectivity index (χ3v) is 2.79. The minimum absolute atomic E-state index is 0.0795. The summed E-state index contributed by atoms with van der Waals surface area (Å²) in [5.74, 6) is 0.0997. The van der Waals surface area contributed by atoms with E-state index in [2.05, 4.69) is 24.5 Å². The maximum absolute atomic E-state index is 11.6. The highest BCUT2D eigenvalue weighted by Crippen LogP contribution is 2.44. The summed E-state index contributed by atoms with van der Waals surface area (Å²) in [5.41, 5.74) is 0.381. The zero-order valence-electron chi connectivity index (χ0n) is 9.85. The van der Waals surface area contributed by atoms with Crippen LogP contribution in [-0.4, -0.2) is 24.0 Å². The lowest BCUT2D eigenvalue weighted by Crippen LogP contribution is -2.46. The van der Waals surface area contributed by atoms with Gasteiger partial charge in [-0.1, -0.05) is 13.8 Å². The van der Waals surface area contributed by atoms with Crippen LogP contribution in [0.15, 0.2) is 0 Å². The molecule has 0 aliphatic heterocycles. The summed E-state index contributed by atoms with van der Waals surface area (Å²) in [6.45, 7) is 10.3. The fourth-order valence-electron chi connectivity index (χ4n) is 1.54. The number of hydrogen-bond acceptors (Lipinski definition) is 2. The molecule has 1 rings (SSSR count). The van der Waals surface area contributed by atoms with Gasteiger partial charge in [0.2, 0.25) is 5.91 Å². The van der Waals surface area contributed by atoms with Crippen molar-refractivity contribution in [2.45, 2.75) is 59.2 Å². The Balaban J connectivity index is 2.28. The van der Waals surface area contributed by atoms with Gasteiger partial charge in [0.25, 0.3) is 0 Å². The van der Waals surface area contributed by atoms with Gasteiger partial charge in [0.05, 0.1) is 6.04 Å². The molecule has 2 unspecified atom stereocenters. The lowest BCUT2D eigenvalue weighted by atomic mass is 10.2. The molecule has 0 aromatic carbocycles. The molecule has 1 saturated carbocycles. The number of nitrogens with one attached hydrogen (secondary N) is 2. The van der Waals surface area contributed by atoms with Crippen molar-refractivity contribution in [3.8, 4) is 0 Å². The Hall–Kier alpha value is -0.570. The summed E-state index contributed by atoms with van der Waals surface area (Å²) < 4.78 is 0. The first-order valence-electron chi connectivity index (χ1n) is 5.39. The van der Waals surface area contributed by atoms with Gasteiger partial charge in [-0.25, -0.2) is 0 Å². The van der Waals surface area contributed by atoms with Crippen molar-refractivity contribution in [3.63, 3.8) is 0 Å². The number of carbonyl (C=O) groups is 1. The molecule has 2 N–H and O–H groups in total. The molecular formula is C11H22N2O. The van der Waals surface area contributed by atoms with Gasteiger partial charge in [0, 0.05) is 12.1 Å². The molecule has 1 aliphatic carbocycles. The minimum Gasteiger partial charge on any atom is -0.353 e. The molecule has 0 heterocycles. The number of rotatable bonds is 4. The van der Waals surface area contributed by atoms with E-state index in [9.17, 15) is 4.79 Å². The molecule has 0 spiro atoms. The van der Waals surface area contributed by atoms with Crippen LogP contribution in [0.25, 0.3) is 0 Å². The highest BCUT2D eigenvalue weighted by molar-refractivity contribution is 5.81. The van der Waals surface area contributed by atoms with Crippen LogP contribution in [0.4, 0.5) is 0 Å². The van der Waals surface area contributed by atoms with Gasteiger partial charge in [0.15, 0.2) is 0 Å². The Kier molecular flexibility index (Phi) is 3.20. The first kappa shape index (κ1) is 11.5. The molecule has 1 amide bonds. The minimum atomic E-state index is -0.0795. The summed E-state index contributed by atoms with van der Waals surface area (Å²) in [6.07, 6.45) is 1.17. The van der Waals surface area contributed by atoms with Gasteiger partial charge < -0.3 is 10.6 Å². The van der Waals surface area contributed by atoms with E-state index in [0.717, 1.165) is 0 Å². The number of amides is 1. The van der Waals surface area contributed by atoms with Gasteiger partial charge in [-0.05, 0) is 32.6 Å². The van der Waals surface area contributed by atoms with E-state index in [1.165, 1.54) is 6.42 Å². The summed E-state index contributed by atoms with van der Waals surface area (Å²) in [7, 11) is 0. The van der Waals surface area contributed by atoms with E-state index < -0.39 is 0 Å². The average Bonchev–Trinajstić information content (AvgIpc) is 2.56. The van der Waals surface area contributed by atoms with Gasteiger partial charge in [-0.3, -0.25) is 4.79 Å². The second kappa shape index (κ2) is 3.89. The molecule has 3 heteroatoms. The first-order valence-corrected chi connectivity index (χ1v) is 5.39. The SMILES string of the molecule is CC(C)NC(=O)C(C)NC1CC1(C)C. The van der Waals surface area contributed by atoms with Crippen molar-refractivity contribution in [3.05, 3.63) is 0 Å². The zero-order valence-corrected chi connectivity index (χ0v) is 9.85. The van der Waals surface area contributed by atoms with E-state index in [1.54, 1.807) is 0 Å². The molecule has 3 nitrogen and oxygen atoms in total. The molecule has 1 aliphatic rings. The number of carbonyl (C=O) groups excluding carboxylic acids is 1. The van der Waals surface area contributed by atoms with Crippen molar-refractivity contribution >= 4 is 5.91 Å². The predicted molar refractivity (Wildman–Crippen MR) is 58.1 cm³/mol. The zero-order chi connectivity index (χ0) is 10.9. The molecule has 82 valence electrons. The van der Waals surface area contributed by atoms with Crippen LogP contribution in [0.2, 0.25) is 0 Å². The Bertz CT molecular complexity index is 223. The van der Waals surface area contributed by atoms with E-state index in [4.69, 9.17) is 0 Å². The standard InChI is InChI=1S/C11H22N2O/c1-7(2)12-10(14)8(3)13-9-6-11(9,4)5/h7-9,13H,6H2,1-5H3,(H,12,14). The highest BCUT2D eigenvalue weighted by Gasteiger charge is 2.46. The van der Waals surface area contributed by atoms with Gasteiger partial charge in [-0.2, -0.15) is 0 Å². The molecule has 2 atom stereocenters. The Labute approximate surface area is 86.6 Å². The van der Waals surface area contributed by atoms with Crippen molar-refractivity contribution in [1.29, 1.82) is 0 Å². The molecule has 0 radical (unpaired) electrons. The Morgan fingerprint density at radius 3 is 2.21 bits per heavy atom. The van der Waals surface area contributed by atoms with E-state index >= 15 is 0 Å². The topological polar surface area (TPSA) is 41.1 Å². The van der Waals surface area contributed by atoms with Crippen LogP contribution in [0, 0.1) is 5.41 Å². The third-order valence-electron chi connectivity index (χ3n) is 2.79. The van der Waals surface area contributed by atoms with Crippen LogP contribution in [-0.2, 0) is 4.79 Å². The highest BCUT2D eigenvalue weighted by atomic mass is 16.2. The fraction of sp³-hybridized carbons (Fsp3) is 0.909. The van der Waals surface area contributed by atoms with Crippen LogP contribution in [0.1, 0.15) is 41.0 Å². The first-order chi connectivity index (χ1) is 6.33. The van der Waals surface area contributed by atoms with E-state index in [0.29, 0.717) is 11.5 Å². The smallest absolute Gasteiger partial charge is 0.237 e. The van der Waals surface area contributed by atoms with Crippen LogP contribution >= 0.6 is 0 Å². The summed E-state index contributed by atoms with van der Waals surface area (Å²) in [5, 5.41) is 6.24. The summed E-state index contributed by atoms with van der Waals surface area (Å²) in [4.78, 5) is 11.6. The molecular weight excluding hydrogens is 176 g/mol. The molecule has 0 bridgehead atoms. The molecule has 0 aromatic heterocycles. The van der Waals surface area contributed by atoms with Gasteiger partial charge in [-0.15, -0.1) is 0 Å². The van der Waals surface area contributed by atoms with Crippen LogP contribution in [0.5, 0.6) is 0 Å². The van der Waals surface area contributed by atoms with Crippen molar-refractivity contribution in [2.24, 2.45) is 5.41 Å². The van der Waals surface area contributed by atoms with Gasteiger partial charge in [0.1, 0.15) is 0 Å². The summed E-state index contributed by atoms with van der Waals surface area (Å²) in [6, 6.07) is 0.651. The third kappa shape index (κ3) is 2.98. The van der Waals surface area contributed by atoms with E-state index in [-0.39, 0.29) is 18.0 Å². The molecule has 14 heavy (non-hydrogen) atoms. The Morgan fingerprint density at radius 1 is 1.36 bits per heavy atom. The lowest BCUT2D eigenvalue weighted by molar-refractivity contribution is -0.123. The van der Waals surface area contributed by atoms with Crippen LogP contribution < -0.4 is 10.6 Å². The lowest BCUT2D eigenvalue weighted by Gasteiger charge is -2.16. The van der Waals surface area contributed by atoms with E-state index in [1.807, 2.05) is 20.8 Å². The number of hydrogen-bond donors (Lipinski definition) is 2. The normalized spacial score (nSPS) is 26.0. The Morgan fingerprint density at radius 2 is 1.86 bits per heavy atom. The predicted octanol–water partition coefficient (Wildman–Crippen LogP) is 1.29. The summed E-state index contributed by atoms with van der Waals surface area (Å²) >= 11 is 0. The quantitative estimate of drug-likeness (QED) is 0.714. The van der Waals surface area contributed by atoms with Crippen LogP contribution in [0.3, 0.4) is 0 Å². The maximum Gasteiger partial charge on any atom is 0.237 e. The largest absolute Gasteiger partial charge is 0.353 e.